The van der Waals surface area contributed by atoms with Crippen LogP contribution in [0.1, 0.15) is 92.9 Å². The van der Waals surface area contributed by atoms with E-state index in [2.05, 4.69) is 53.7 Å². The highest BCUT2D eigenvalue weighted by Gasteiger charge is 2.60. The molecule has 8 atom stereocenters. The van der Waals surface area contributed by atoms with Crippen LogP contribution in [0.15, 0.2) is 23.8 Å². The fourth-order valence-corrected chi connectivity index (χ4v) is 8.57. The molecule has 4 aliphatic carbocycles. The lowest BCUT2D eigenvalue weighted by atomic mass is 9.46. The van der Waals surface area contributed by atoms with E-state index in [1.54, 1.807) is 6.08 Å². The van der Waals surface area contributed by atoms with Crippen molar-refractivity contribution in [2.75, 3.05) is 0 Å². The van der Waals surface area contributed by atoms with Crippen LogP contribution < -0.4 is 0 Å². The molecule has 0 heterocycles. The number of allylic oxidation sites excluding steroid dienone is 3. The van der Waals surface area contributed by atoms with Crippen molar-refractivity contribution >= 4 is 11.6 Å². The molecule has 31 heavy (non-hydrogen) atoms. The lowest BCUT2D eigenvalue weighted by molar-refractivity contribution is -0.131. The van der Waals surface area contributed by atoms with Gasteiger partial charge in [0.15, 0.2) is 11.6 Å². The first-order valence-electron chi connectivity index (χ1n) is 13.1. The Balaban J connectivity index is 1.56. The topological polar surface area (TPSA) is 34.1 Å². The molecule has 3 saturated carbocycles. The SMILES string of the molecule is CC[C@@H](/C=C\[C@@H](C)[C@H]1CC[C@H]2[C@@H]3CC(=O)C4=CC(=O)CC[C@]4(C)[C@H]3CC[C@]12C)C(C)C. The van der Waals surface area contributed by atoms with Crippen LogP contribution >= 0.6 is 0 Å². The Bertz CT molecular complexity index is 789. The Morgan fingerprint density at radius 2 is 1.77 bits per heavy atom. The molecule has 4 aliphatic rings. The van der Waals surface area contributed by atoms with E-state index in [0.29, 0.717) is 53.8 Å². The Hall–Kier alpha value is -1.18. The van der Waals surface area contributed by atoms with Gasteiger partial charge in [-0.15, -0.1) is 0 Å². The summed E-state index contributed by atoms with van der Waals surface area (Å²) in [5.41, 5.74) is 1.16. The summed E-state index contributed by atoms with van der Waals surface area (Å²) >= 11 is 0. The predicted molar refractivity (Wildman–Crippen MR) is 128 cm³/mol. The van der Waals surface area contributed by atoms with Gasteiger partial charge < -0.3 is 0 Å². The maximum absolute atomic E-state index is 13.2. The number of hydrogen-bond donors (Lipinski definition) is 0. The Labute approximate surface area is 190 Å². The molecule has 3 fully saturated rings. The molecular weight excluding hydrogens is 380 g/mol. The number of rotatable bonds is 5. The zero-order chi connectivity index (χ0) is 22.6. The summed E-state index contributed by atoms with van der Waals surface area (Å²) in [7, 11) is 0. The molecule has 2 nitrogen and oxygen atoms in total. The van der Waals surface area contributed by atoms with Gasteiger partial charge in [0.2, 0.25) is 0 Å². The third-order valence-electron chi connectivity index (χ3n) is 10.5. The molecule has 0 unspecified atom stereocenters. The smallest absolute Gasteiger partial charge is 0.159 e. The maximum Gasteiger partial charge on any atom is 0.159 e. The van der Waals surface area contributed by atoms with Gasteiger partial charge in [-0.05, 0) is 96.9 Å². The van der Waals surface area contributed by atoms with Gasteiger partial charge in [0.25, 0.3) is 0 Å². The highest BCUT2D eigenvalue weighted by molar-refractivity contribution is 6.05. The van der Waals surface area contributed by atoms with Crippen LogP contribution in [-0.4, -0.2) is 11.6 Å². The average molecular weight is 425 g/mol. The number of Topliss-reactive ketones (excluding diaryl/α,β-unsaturated/α-hetero) is 1. The molecule has 0 spiro atoms. The van der Waals surface area contributed by atoms with Crippen molar-refractivity contribution in [1.82, 2.24) is 0 Å². The maximum atomic E-state index is 13.2. The van der Waals surface area contributed by atoms with E-state index in [1.165, 1.54) is 32.1 Å². The van der Waals surface area contributed by atoms with Gasteiger partial charge in [0, 0.05) is 18.4 Å². The van der Waals surface area contributed by atoms with Crippen LogP contribution in [0, 0.1) is 52.3 Å². The number of carbonyl (C=O) groups excluding carboxylic acids is 2. The summed E-state index contributed by atoms with van der Waals surface area (Å²) in [6, 6.07) is 0. The van der Waals surface area contributed by atoms with Crippen molar-refractivity contribution < 1.29 is 9.59 Å². The molecular formula is C29H44O2. The molecule has 2 heteroatoms. The summed E-state index contributed by atoms with van der Waals surface area (Å²) in [4.78, 5) is 25.2. The fourth-order valence-electron chi connectivity index (χ4n) is 8.57. The summed E-state index contributed by atoms with van der Waals surface area (Å²) in [6.45, 7) is 14.3. The van der Waals surface area contributed by atoms with Crippen molar-refractivity contribution in [1.29, 1.82) is 0 Å². The molecule has 172 valence electrons. The van der Waals surface area contributed by atoms with Crippen LogP contribution in [-0.2, 0) is 9.59 Å². The summed E-state index contributed by atoms with van der Waals surface area (Å²) in [6.07, 6.45) is 15.2. The van der Waals surface area contributed by atoms with Crippen LogP contribution in [0.4, 0.5) is 0 Å². The van der Waals surface area contributed by atoms with Crippen molar-refractivity contribution in [2.24, 2.45) is 52.3 Å². The van der Waals surface area contributed by atoms with Gasteiger partial charge in [0.05, 0.1) is 0 Å². The van der Waals surface area contributed by atoms with E-state index in [0.717, 1.165) is 17.9 Å². The largest absolute Gasteiger partial charge is 0.295 e. The van der Waals surface area contributed by atoms with Gasteiger partial charge in [0.1, 0.15) is 0 Å². The van der Waals surface area contributed by atoms with Gasteiger partial charge in [-0.1, -0.05) is 53.7 Å². The van der Waals surface area contributed by atoms with Gasteiger partial charge in [-0.25, -0.2) is 0 Å². The monoisotopic (exact) mass is 424 g/mol. The molecule has 0 N–H and O–H groups in total. The average Bonchev–Trinajstić information content (AvgIpc) is 3.07. The summed E-state index contributed by atoms with van der Waals surface area (Å²) in [5, 5.41) is 0. The van der Waals surface area contributed by atoms with E-state index in [4.69, 9.17) is 0 Å². The van der Waals surface area contributed by atoms with Gasteiger partial charge >= 0.3 is 0 Å². The molecule has 0 bridgehead atoms. The second-order valence-corrected chi connectivity index (χ2v) is 12.2. The number of carbonyl (C=O) groups is 2. The number of fused-ring (bicyclic) bond motifs is 5. The predicted octanol–water partition coefficient (Wildman–Crippen LogP) is 7.19. The zero-order valence-electron chi connectivity index (χ0n) is 20.7. The van der Waals surface area contributed by atoms with Crippen molar-refractivity contribution in [3.8, 4) is 0 Å². The highest BCUT2D eigenvalue weighted by atomic mass is 16.1. The van der Waals surface area contributed by atoms with Gasteiger partial charge in [-0.3, -0.25) is 9.59 Å². The highest BCUT2D eigenvalue weighted by Crippen LogP contribution is 2.67. The van der Waals surface area contributed by atoms with Crippen LogP contribution in [0.5, 0.6) is 0 Å². The van der Waals surface area contributed by atoms with E-state index in [1.807, 2.05) is 0 Å². The van der Waals surface area contributed by atoms with Gasteiger partial charge in [-0.2, -0.15) is 0 Å². The van der Waals surface area contributed by atoms with E-state index in [-0.39, 0.29) is 17.0 Å². The molecule has 0 aromatic rings. The lowest BCUT2D eigenvalue weighted by Gasteiger charge is -2.57. The molecule has 0 aromatic carbocycles. The second kappa shape index (κ2) is 8.31. The fraction of sp³-hybridized carbons (Fsp3) is 0.793. The van der Waals surface area contributed by atoms with Crippen molar-refractivity contribution in [2.45, 2.75) is 92.9 Å². The van der Waals surface area contributed by atoms with E-state index < -0.39 is 0 Å². The molecule has 4 rings (SSSR count). The molecule has 0 saturated heterocycles. The summed E-state index contributed by atoms with van der Waals surface area (Å²) in [5.74, 6) is 4.92. The number of ketones is 2. The third kappa shape index (κ3) is 3.70. The Morgan fingerprint density at radius 1 is 1.03 bits per heavy atom. The minimum Gasteiger partial charge on any atom is -0.295 e. The summed E-state index contributed by atoms with van der Waals surface area (Å²) < 4.78 is 0. The van der Waals surface area contributed by atoms with Crippen LogP contribution in [0.2, 0.25) is 0 Å². The first-order chi connectivity index (χ1) is 14.6. The standard InChI is InChI=1S/C29H44O2/c1-7-20(18(2)3)9-8-19(4)23-10-11-24-22-17-27(31)26-16-21(30)12-14-29(26,6)25(22)13-15-28(23,24)5/h8-9,16,18-20,22-25H,7,10-15,17H2,1-6H3/b9-8-/t19-,20+,22+,23-,24+,25+,28-,29-/m1/s1. The number of hydrogen-bond acceptors (Lipinski definition) is 2. The van der Waals surface area contributed by atoms with Crippen molar-refractivity contribution in [3.05, 3.63) is 23.8 Å². The second-order valence-electron chi connectivity index (χ2n) is 12.2. The van der Waals surface area contributed by atoms with E-state index in [9.17, 15) is 9.59 Å². The first-order valence-corrected chi connectivity index (χ1v) is 13.1. The van der Waals surface area contributed by atoms with Crippen LogP contribution in [0.3, 0.4) is 0 Å². The van der Waals surface area contributed by atoms with E-state index >= 15 is 0 Å². The van der Waals surface area contributed by atoms with Crippen molar-refractivity contribution in [3.63, 3.8) is 0 Å². The first kappa shape index (κ1) is 23.0. The molecule has 0 aromatic heterocycles. The van der Waals surface area contributed by atoms with Crippen LogP contribution in [0.25, 0.3) is 0 Å². The third-order valence-corrected chi connectivity index (χ3v) is 10.5. The normalized spacial score (nSPS) is 42.2. The molecule has 0 radical (unpaired) electrons. The minimum atomic E-state index is -0.0650. The lowest BCUT2D eigenvalue weighted by Crippen LogP contribution is -2.53. The Morgan fingerprint density at radius 3 is 2.45 bits per heavy atom. The minimum absolute atomic E-state index is 0.0650. The molecule has 0 amide bonds. The Kier molecular flexibility index (Phi) is 6.16. The quantitative estimate of drug-likeness (QED) is 0.438. The zero-order valence-corrected chi connectivity index (χ0v) is 20.7. The molecule has 0 aliphatic heterocycles.